The molecule has 117 valence electrons. The van der Waals surface area contributed by atoms with E-state index in [9.17, 15) is 4.39 Å². The first-order chi connectivity index (χ1) is 11.0. The largest absolute Gasteiger partial charge is 0.368 e. The van der Waals surface area contributed by atoms with Crippen molar-refractivity contribution in [3.8, 4) is 11.4 Å². The maximum Gasteiger partial charge on any atom is 0.174 e. The van der Waals surface area contributed by atoms with E-state index in [1.54, 1.807) is 18.3 Å². The second kappa shape index (κ2) is 6.16. The summed E-state index contributed by atoms with van der Waals surface area (Å²) in [6.07, 6.45) is 4.34. The van der Waals surface area contributed by atoms with Crippen LogP contribution in [-0.4, -0.2) is 26.7 Å². The van der Waals surface area contributed by atoms with Crippen molar-refractivity contribution in [3.63, 3.8) is 0 Å². The van der Waals surface area contributed by atoms with Gasteiger partial charge in [0.15, 0.2) is 6.33 Å². The number of H-pyrrole nitrogens is 1. The average molecular weight is 310 g/mol. The Labute approximate surface area is 134 Å². The zero-order chi connectivity index (χ0) is 16.3. The second-order valence-electron chi connectivity index (χ2n) is 5.95. The highest BCUT2D eigenvalue weighted by atomic mass is 19.1. The van der Waals surface area contributed by atoms with Crippen molar-refractivity contribution in [1.29, 1.82) is 0 Å². The molecular weight excluding hydrogens is 293 g/mol. The fraction of sp³-hybridized carbons (Fsp3) is 0.235. The Hall–Kier alpha value is -2.76. The van der Waals surface area contributed by atoms with Gasteiger partial charge in [0.25, 0.3) is 0 Å². The second-order valence-corrected chi connectivity index (χ2v) is 5.95. The summed E-state index contributed by atoms with van der Waals surface area (Å²) in [4.78, 5) is 6.78. The van der Waals surface area contributed by atoms with Gasteiger partial charge in [0.1, 0.15) is 23.0 Å². The van der Waals surface area contributed by atoms with Gasteiger partial charge >= 0.3 is 0 Å². The number of anilines is 1. The predicted molar refractivity (Wildman–Crippen MR) is 86.4 cm³/mol. The lowest BCUT2D eigenvalue weighted by molar-refractivity contribution is 0.552. The fourth-order valence-electron chi connectivity index (χ4n) is 2.23. The molecule has 0 saturated heterocycles. The molecule has 5 nitrogen and oxygen atoms in total. The van der Waals surface area contributed by atoms with Crippen LogP contribution < -0.4 is 5.32 Å². The molecule has 0 amide bonds. The Morgan fingerprint density at radius 3 is 2.48 bits per heavy atom. The van der Waals surface area contributed by atoms with Crippen LogP contribution in [0.2, 0.25) is 0 Å². The molecule has 0 aliphatic rings. The summed E-state index contributed by atoms with van der Waals surface area (Å²) in [7, 11) is 0. The third kappa shape index (κ3) is 3.53. The molecule has 0 bridgehead atoms. The highest BCUT2D eigenvalue weighted by Gasteiger charge is 2.20. The van der Waals surface area contributed by atoms with Crippen LogP contribution in [0.5, 0.6) is 0 Å². The normalized spacial score (nSPS) is 11.4. The van der Waals surface area contributed by atoms with Gasteiger partial charge in [-0.1, -0.05) is 26.0 Å². The van der Waals surface area contributed by atoms with Gasteiger partial charge < -0.3 is 10.3 Å². The standard InChI is InChI=1S/C17H17FN5/c1-17(2,12-3-5-13(18)6-4-12)10-20-16-8-7-14(22-23-16)15-9-19-11-21-15/h3-9H,10H2,1-2H3,(H,19,21)(H,20,23). The zero-order valence-electron chi connectivity index (χ0n) is 13.0. The molecule has 0 atom stereocenters. The maximum atomic E-state index is 13.0. The molecule has 1 aromatic carbocycles. The van der Waals surface area contributed by atoms with Crippen molar-refractivity contribution in [2.24, 2.45) is 0 Å². The molecule has 6 heteroatoms. The van der Waals surface area contributed by atoms with Gasteiger partial charge in [-0.05, 0) is 29.8 Å². The molecule has 2 heterocycles. The van der Waals surface area contributed by atoms with E-state index in [0.29, 0.717) is 23.8 Å². The molecule has 0 saturated carbocycles. The van der Waals surface area contributed by atoms with Crippen molar-refractivity contribution in [2.45, 2.75) is 19.3 Å². The number of aromatic amines is 1. The average Bonchev–Trinajstić information content (AvgIpc) is 3.08. The van der Waals surface area contributed by atoms with E-state index in [0.717, 1.165) is 5.56 Å². The third-order valence-corrected chi connectivity index (χ3v) is 3.71. The van der Waals surface area contributed by atoms with Gasteiger partial charge in [0, 0.05) is 18.2 Å². The number of imidazole rings is 1. The number of halogens is 1. The van der Waals surface area contributed by atoms with Crippen molar-refractivity contribution in [3.05, 3.63) is 60.3 Å². The van der Waals surface area contributed by atoms with Crippen LogP contribution in [0.3, 0.4) is 0 Å². The van der Waals surface area contributed by atoms with E-state index in [-0.39, 0.29) is 11.2 Å². The van der Waals surface area contributed by atoms with E-state index in [1.165, 1.54) is 12.1 Å². The van der Waals surface area contributed by atoms with Gasteiger partial charge in [-0.2, -0.15) is 0 Å². The maximum absolute atomic E-state index is 13.0. The molecule has 0 aliphatic carbocycles. The van der Waals surface area contributed by atoms with Crippen molar-refractivity contribution >= 4 is 5.82 Å². The van der Waals surface area contributed by atoms with E-state index in [2.05, 4.69) is 45.7 Å². The summed E-state index contributed by atoms with van der Waals surface area (Å²) in [6, 6.07) is 10.3. The van der Waals surface area contributed by atoms with E-state index in [1.807, 2.05) is 12.1 Å². The Morgan fingerprint density at radius 1 is 1.09 bits per heavy atom. The van der Waals surface area contributed by atoms with Crippen LogP contribution in [0.1, 0.15) is 19.4 Å². The van der Waals surface area contributed by atoms with Gasteiger partial charge in [-0.15, -0.1) is 10.2 Å². The Balaban J connectivity index is 1.66. The smallest absolute Gasteiger partial charge is 0.174 e. The third-order valence-electron chi connectivity index (χ3n) is 3.71. The number of aromatic nitrogens is 4. The van der Waals surface area contributed by atoms with E-state index in [4.69, 9.17) is 0 Å². The predicted octanol–water partition coefficient (Wildman–Crippen LogP) is 3.20. The van der Waals surface area contributed by atoms with Crippen LogP contribution >= 0.6 is 0 Å². The minimum Gasteiger partial charge on any atom is -0.368 e. The van der Waals surface area contributed by atoms with E-state index >= 15 is 0 Å². The van der Waals surface area contributed by atoms with Gasteiger partial charge in [0.2, 0.25) is 0 Å². The minimum atomic E-state index is -0.227. The van der Waals surface area contributed by atoms with Crippen LogP contribution in [-0.2, 0) is 5.41 Å². The fourth-order valence-corrected chi connectivity index (χ4v) is 2.23. The number of nitrogens with one attached hydrogen (secondary N) is 2. The van der Waals surface area contributed by atoms with Crippen molar-refractivity contribution < 1.29 is 4.39 Å². The van der Waals surface area contributed by atoms with E-state index < -0.39 is 0 Å². The van der Waals surface area contributed by atoms with Crippen LogP contribution in [0.25, 0.3) is 11.4 Å². The van der Waals surface area contributed by atoms with Crippen LogP contribution in [0.4, 0.5) is 10.2 Å². The summed E-state index contributed by atoms with van der Waals surface area (Å²) in [6.45, 7) is 4.84. The number of benzene rings is 1. The number of hydrogen-bond acceptors (Lipinski definition) is 4. The number of rotatable bonds is 5. The van der Waals surface area contributed by atoms with Gasteiger partial charge in [-0.25, -0.2) is 9.37 Å². The first-order valence-electron chi connectivity index (χ1n) is 7.30. The van der Waals surface area contributed by atoms with Gasteiger partial charge in [-0.3, -0.25) is 0 Å². The zero-order valence-corrected chi connectivity index (χ0v) is 13.0. The molecule has 23 heavy (non-hydrogen) atoms. The van der Waals surface area contributed by atoms with Crippen LogP contribution in [0, 0.1) is 12.1 Å². The van der Waals surface area contributed by atoms with Crippen molar-refractivity contribution in [1.82, 2.24) is 20.2 Å². The molecule has 2 aromatic heterocycles. The molecule has 0 spiro atoms. The monoisotopic (exact) mass is 310 g/mol. The van der Waals surface area contributed by atoms with Gasteiger partial charge in [0.05, 0.1) is 0 Å². The molecule has 0 fully saturated rings. The molecule has 2 N–H and O–H groups in total. The molecule has 3 rings (SSSR count). The first kappa shape index (κ1) is 15.1. The molecular formula is C17H17FN5. The first-order valence-corrected chi connectivity index (χ1v) is 7.30. The Morgan fingerprint density at radius 2 is 1.87 bits per heavy atom. The summed E-state index contributed by atoms with van der Waals surface area (Å²) >= 11 is 0. The van der Waals surface area contributed by atoms with Crippen LogP contribution in [0.15, 0.2) is 42.6 Å². The number of hydrogen-bond donors (Lipinski definition) is 2. The molecule has 0 unspecified atom stereocenters. The summed E-state index contributed by atoms with van der Waals surface area (Å²) in [5.41, 5.74) is 2.29. The topological polar surface area (TPSA) is 66.5 Å². The Kier molecular flexibility index (Phi) is 4.06. The molecule has 3 aromatic rings. The highest BCUT2D eigenvalue weighted by molar-refractivity contribution is 5.53. The lowest BCUT2D eigenvalue weighted by atomic mass is 9.84. The quantitative estimate of drug-likeness (QED) is 0.759. The summed E-state index contributed by atoms with van der Waals surface area (Å²) < 4.78 is 13.0. The lowest BCUT2D eigenvalue weighted by Gasteiger charge is -2.25. The molecule has 0 aliphatic heterocycles. The summed E-state index contributed by atoms with van der Waals surface area (Å²) in [5.74, 6) is 0.457. The Bertz CT molecular complexity index is 749. The highest BCUT2D eigenvalue weighted by Crippen LogP contribution is 2.24. The van der Waals surface area contributed by atoms with Crippen molar-refractivity contribution in [2.75, 3.05) is 11.9 Å². The minimum absolute atomic E-state index is 0.162. The number of nitrogens with zero attached hydrogens (tertiary/aromatic N) is 3. The lowest BCUT2D eigenvalue weighted by Crippen LogP contribution is -2.28. The SMILES string of the molecule is CC(C)(CNc1ccc(-c2c[nH][c]n2)nn1)c1ccc(F)cc1. The summed E-state index contributed by atoms with van der Waals surface area (Å²) in [5, 5.41) is 11.6. The molecule has 1 radical (unpaired) electrons.